The van der Waals surface area contributed by atoms with Crippen LogP contribution >= 0.6 is 0 Å². The summed E-state index contributed by atoms with van der Waals surface area (Å²) >= 11 is 0. The molecule has 0 aromatic heterocycles. The Bertz CT molecular complexity index is 287. The second kappa shape index (κ2) is 6.74. The summed E-state index contributed by atoms with van der Waals surface area (Å²) in [6.07, 6.45) is 2.78. The van der Waals surface area contributed by atoms with E-state index < -0.39 is 0 Å². The van der Waals surface area contributed by atoms with E-state index in [-0.39, 0.29) is 6.10 Å². The van der Waals surface area contributed by atoms with E-state index in [0.717, 1.165) is 19.4 Å². The normalized spacial score (nSPS) is 27.6. The number of hydrogen-bond acceptors (Lipinski definition) is 3. The average Bonchev–Trinajstić information content (AvgIpc) is 2.41. The van der Waals surface area contributed by atoms with Gasteiger partial charge in [-0.3, -0.25) is 0 Å². The van der Waals surface area contributed by atoms with Gasteiger partial charge < -0.3 is 14.2 Å². The van der Waals surface area contributed by atoms with Gasteiger partial charge in [-0.15, -0.1) is 0 Å². The number of aryl methyl sites for hydroxylation is 1. The maximum Gasteiger partial charge on any atom is 0.147 e. The van der Waals surface area contributed by atoms with E-state index in [1.54, 1.807) is 0 Å². The molecule has 0 bridgehead atoms. The molecule has 2 unspecified atom stereocenters. The number of fused-ring (bicyclic) bond motifs is 1. The Labute approximate surface area is 103 Å². The standard InChI is InChI=1S/C7H12O3.C7H8/c1-2-6-7(9-3-1)4-8-5-10-6;1-7-5-3-2-4-6-7/h6-7H,1-5H2;2-6H,1H3. The Balaban J connectivity index is 0.000000136. The Morgan fingerprint density at radius 2 is 1.88 bits per heavy atom. The first-order valence-electron chi connectivity index (χ1n) is 6.19. The first-order chi connectivity index (χ1) is 8.36. The highest BCUT2D eigenvalue weighted by Crippen LogP contribution is 2.20. The molecule has 0 N–H and O–H groups in total. The van der Waals surface area contributed by atoms with Crippen LogP contribution in [0.3, 0.4) is 0 Å². The minimum absolute atomic E-state index is 0.211. The second-order valence-electron chi connectivity index (χ2n) is 4.40. The fourth-order valence-electron chi connectivity index (χ4n) is 1.99. The summed E-state index contributed by atoms with van der Waals surface area (Å²) in [6.45, 7) is 4.11. The zero-order chi connectivity index (χ0) is 11.9. The summed E-state index contributed by atoms with van der Waals surface area (Å²) in [5.74, 6) is 0. The molecule has 2 saturated heterocycles. The first-order valence-corrected chi connectivity index (χ1v) is 6.19. The van der Waals surface area contributed by atoms with Crippen molar-refractivity contribution in [3.05, 3.63) is 35.9 Å². The molecule has 17 heavy (non-hydrogen) atoms. The number of ether oxygens (including phenoxy) is 3. The van der Waals surface area contributed by atoms with Gasteiger partial charge in [0.05, 0.1) is 12.7 Å². The van der Waals surface area contributed by atoms with Crippen molar-refractivity contribution in [2.24, 2.45) is 0 Å². The summed E-state index contributed by atoms with van der Waals surface area (Å²) in [5.41, 5.74) is 1.32. The van der Waals surface area contributed by atoms with Gasteiger partial charge in [0.2, 0.25) is 0 Å². The summed E-state index contributed by atoms with van der Waals surface area (Å²) in [4.78, 5) is 0. The van der Waals surface area contributed by atoms with Gasteiger partial charge in [0, 0.05) is 6.61 Å². The molecule has 2 heterocycles. The smallest absolute Gasteiger partial charge is 0.147 e. The molecule has 0 spiro atoms. The second-order valence-corrected chi connectivity index (χ2v) is 4.40. The monoisotopic (exact) mass is 236 g/mol. The van der Waals surface area contributed by atoms with E-state index in [1.807, 2.05) is 18.2 Å². The Kier molecular flexibility index (Phi) is 4.98. The van der Waals surface area contributed by atoms with Gasteiger partial charge in [-0.05, 0) is 19.8 Å². The minimum Gasteiger partial charge on any atom is -0.373 e. The lowest BCUT2D eigenvalue weighted by molar-refractivity contribution is -0.223. The van der Waals surface area contributed by atoms with Crippen LogP contribution in [0.1, 0.15) is 18.4 Å². The SMILES string of the molecule is C1COC2COCOC2C1.Cc1ccccc1. The minimum atomic E-state index is 0.211. The van der Waals surface area contributed by atoms with Crippen LogP contribution in [-0.4, -0.2) is 32.2 Å². The third-order valence-electron chi connectivity index (χ3n) is 2.97. The number of rotatable bonds is 0. The Morgan fingerprint density at radius 1 is 1.06 bits per heavy atom. The maximum atomic E-state index is 5.43. The van der Waals surface area contributed by atoms with Crippen LogP contribution in [0.15, 0.2) is 30.3 Å². The van der Waals surface area contributed by atoms with Gasteiger partial charge >= 0.3 is 0 Å². The fourth-order valence-corrected chi connectivity index (χ4v) is 1.99. The highest BCUT2D eigenvalue weighted by atomic mass is 16.7. The van der Waals surface area contributed by atoms with Crippen LogP contribution in [-0.2, 0) is 14.2 Å². The van der Waals surface area contributed by atoms with E-state index in [9.17, 15) is 0 Å². The molecule has 0 saturated carbocycles. The van der Waals surface area contributed by atoms with E-state index in [2.05, 4.69) is 19.1 Å². The van der Waals surface area contributed by atoms with E-state index in [4.69, 9.17) is 14.2 Å². The Morgan fingerprint density at radius 3 is 2.53 bits per heavy atom. The van der Waals surface area contributed by atoms with Crippen molar-refractivity contribution in [3.8, 4) is 0 Å². The first kappa shape index (κ1) is 12.6. The van der Waals surface area contributed by atoms with Crippen LogP contribution in [0, 0.1) is 6.92 Å². The summed E-state index contributed by atoms with van der Waals surface area (Å²) < 4.78 is 15.9. The van der Waals surface area contributed by atoms with E-state index >= 15 is 0 Å². The molecule has 94 valence electrons. The molecule has 3 rings (SSSR count). The number of benzene rings is 1. The zero-order valence-electron chi connectivity index (χ0n) is 10.3. The summed E-state index contributed by atoms with van der Waals surface area (Å²) in [7, 11) is 0. The predicted octanol–water partition coefficient (Wildman–Crippen LogP) is 2.53. The van der Waals surface area contributed by atoms with Gasteiger partial charge in [0.25, 0.3) is 0 Å². The molecule has 3 nitrogen and oxygen atoms in total. The maximum absolute atomic E-state index is 5.43. The van der Waals surface area contributed by atoms with Gasteiger partial charge in [0.15, 0.2) is 0 Å². The molecule has 2 aliphatic rings. The van der Waals surface area contributed by atoms with Gasteiger partial charge in [0.1, 0.15) is 12.9 Å². The van der Waals surface area contributed by atoms with E-state index in [0.29, 0.717) is 19.5 Å². The lowest BCUT2D eigenvalue weighted by atomic mass is 10.1. The molecule has 0 radical (unpaired) electrons. The van der Waals surface area contributed by atoms with Crippen molar-refractivity contribution in [2.45, 2.75) is 32.0 Å². The molecule has 1 aromatic carbocycles. The third-order valence-corrected chi connectivity index (χ3v) is 2.97. The van der Waals surface area contributed by atoms with Gasteiger partial charge in [-0.1, -0.05) is 35.9 Å². The lowest BCUT2D eigenvalue weighted by Gasteiger charge is -2.34. The van der Waals surface area contributed by atoms with Crippen molar-refractivity contribution in [1.29, 1.82) is 0 Å². The van der Waals surface area contributed by atoms with Crippen LogP contribution in [0.5, 0.6) is 0 Å². The van der Waals surface area contributed by atoms with Gasteiger partial charge in [-0.25, -0.2) is 0 Å². The van der Waals surface area contributed by atoms with Crippen LogP contribution in [0.25, 0.3) is 0 Å². The molecule has 3 heteroatoms. The average molecular weight is 236 g/mol. The largest absolute Gasteiger partial charge is 0.373 e. The topological polar surface area (TPSA) is 27.7 Å². The highest BCUT2D eigenvalue weighted by Gasteiger charge is 2.29. The molecule has 1 aromatic rings. The lowest BCUT2D eigenvalue weighted by Crippen LogP contribution is -2.43. The zero-order valence-corrected chi connectivity index (χ0v) is 10.3. The molecular weight excluding hydrogens is 216 g/mol. The van der Waals surface area contributed by atoms with Crippen molar-refractivity contribution in [3.63, 3.8) is 0 Å². The van der Waals surface area contributed by atoms with Crippen molar-refractivity contribution in [1.82, 2.24) is 0 Å². The fraction of sp³-hybridized carbons (Fsp3) is 0.571. The predicted molar refractivity (Wildman–Crippen MR) is 65.8 cm³/mol. The van der Waals surface area contributed by atoms with Gasteiger partial charge in [-0.2, -0.15) is 0 Å². The quantitative estimate of drug-likeness (QED) is 0.693. The molecule has 0 aliphatic carbocycles. The molecule has 2 fully saturated rings. The Hall–Kier alpha value is -0.900. The molecule has 0 amide bonds. The van der Waals surface area contributed by atoms with Crippen LogP contribution in [0.2, 0.25) is 0 Å². The number of hydrogen-bond donors (Lipinski definition) is 0. The van der Waals surface area contributed by atoms with Crippen LogP contribution < -0.4 is 0 Å². The third kappa shape index (κ3) is 4.11. The highest BCUT2D eigenvalue weighted by molar-refractivity contribution is 5.11. The molecule has 2 aliphatic heterocycles. The summed E-state index contributed by atoms with van der Waals surface area (Å²) in [6, 6.07) is 10.3. The molecular formula is C14H20O3. The van der Waals surface area contributed by atoms with Crippen LogP contribution in [0.4, 0.5) is 0 Å². The van der Waals surface area contributed by atoms with E-state index in [1.165, 1.54) is 5.56 Å². The van der Waals surface area contributed by atoms with Crippen molar-refractivity contribution in [2.75, 3.05) is 20.0 Å². The summed E-state index contributed by atoms with van der Waals surface area (Å²) in [5, 5.41) is 0. The van der Waals surface area contributed by atoms with Crippen molar-refractivity contribution < 1.29 is 14.2 Å². The van der Waals surface area contributed by atoms with Crippen molar-refractivity contribution >= 4 is 0 Å². The molecule has 2 atom stereocenters.